The van der Waals surface area contributed by atoms with Crippen LogP contribution in [0.5, 0.6) is 0 Å². The molecule has 1 aromatic carbocycles. The van der Waals surface area contributed by atoms with E-state index in [0.29, 0.717) is 11.6 Å². The number of nitrogens with one attached hydrogen (secondary N) is 1. The molecule has 1 aromatic rings. The van der Waals surface area contributed by atoms with Crippen molar-refractivity contribution >= 4 is 11.9 Å². The third-order valence-corrected chi connectivity index (χ3v) is 1.87. The molecule has 0 unspecified atom stereocenters. The van der Waals surface area contributed by atoms with E-state index in [0.717, 1.165) is 0 Å². The van der Waals surface area contributed by atoms with E-state index in [-0.39, 0.29) is 12.4 Å². The highest BCUT2D eigenvalue weighted by molar-refractivity contribution is 5.95. The van der Waals surface area contributed by atoms with Crippen LogP contribution in [-0.4, -0.2) is 22.1 Å². The largest absolute Gasteiger partial charge is 0.502 e. The van der Waals surface area contributed by atoms with Gasteiger partial charge in [-0.1, -0.05) is 12.1 Å². The second-order valence-electron chi connectivity index (χ2n) is 3.18. The van der Waals surface area contributed by atoms with Gasteiger partial charge in [-0.15, -0.1) is 0 Å². The van der Waals surface area contributed by atoms with Gasteiger partial charge in [-0.3, -0.25) is 4.79 Å². The highest BCUT2D eigenvalue weighted by Crippen LogP contribution is 2.02. The Kier molecular flexibility index (Phi) is 4.21. The van der Waals surface area contributed by atoms with Crippen molar-refractivity contribution in [2.24, 2.45) is 0 Å². The summed E-state index contributed by atoms with van der Waals surface area (Å²) in [5, 5.41) is 19.4. The molecule has 17 heavy (non-hydrogen) atoms. The van der Waals surface area contributed by atoms with Crippen LogP contribution >= 0.6 is 0 Å². The third-order valence-electron chi connectivity index (χ3n) is 1.87. The van der Waals surface area contributed by atoms with Crippen LogP contribution in [0, 0.1) is 5.82 Å². The topological polar surface area (TPSA) is 86.6 Å². The summed E-state index contributed by atoms with van der Waals surface area (Å²) in [6.07, 6.45) is 0.561. The van der Waals surface area contributed by atoms with Gasteiger partial charge in [0, 0.05) is 6.54 Å². The average molecular weight is 239 g/mol. The molecule has 0 spiro atoms. The normalized spacial score (nSPS) is 11.0. The molecule has 0 aromatic heterocycles. The number of carboxylic acids is 1. The molecule has 90 valence electrons. The third kappa shape index (κ3) is 4.33. The van der Waals surface area contributed by atoms with Crippen molar-refractivity contribution in [2.75, 3.05) is 0 Å². The second-order valence-corrected chi connectivity index (χ2v) is 3.18. The lowest BCUT2D eigenvalue weighted by Gasteiger charge is -2.02. The highest BCUT2D eigenvalue weighted by atomic mass is 19.1. The first kappa shape index (κ1) is 12.7. The Bertz CT molecular complexity index is 453. The Morgan fingerprint density at radius 1 is 1.24 bits per heavy atom. The molecule has 1 amide bonds. The standard InChI is InChI=1S/C11H10FNO4/c12-8-3-1-7(2-4-8)6-13-10(15)5-9(14)11(16)17/h1-5,14H,6H2,(H,13,15)(H,16,17)/b9-5-. The van der Waals surface area contributed by atoms with E-state index in [1.54, 1.807) is 0 Å². The van der Waals surface area contributed by atoms with Gasteiger partial charge < -0.3 is 15.5 Å². The first-order valence-electron chi connectivity index (χ1n) is 4.65. The monoisotopic (exact) mass is 239 g/mol. The molecule has 0 saturated carbocycles. The van der Waals surface area contributed by atoms with Crippen molar-refractivity contribution in [1.29, 1.82) is 0 Å². The van der Waals surface area contributed by atoms with E-state index in [1.165, 1.54) is 24.3 Å². The first-order chi connectivity index (χ1) is 7.99. The Morgan fingerprint density at radius 2 is 1.82 bits per heavy atom. The van der Waals surface area contributed by atoms with Gasteiger partial charge in [0.2, 0.25) is 11.7 Å². The number of amides is 1. The summed E-state index contributed by atoms with van der Waals surface area (Å²) in [4.78, 5) is 21.3. The molecule has 0 bridgehead atoms. The zero-order valence-electron chi connectivity index (χ0n) is 8.68. The smallest absolute Gasteiger partial charge is 0.371 e. The summed E-state index contributed by atoms with van der Waals surface area (Å²) in [7, 11) is 0. The Labute approximate surface area is 96.2 Å². The fourth-order valence-corrected chi connectivity index (χ4v) is 1.03. The van der Waals surface area contributed by atoms with E-state index >= 15 is 0 Å². The van der Waals surface area contributed by atoms with Crippen LogP contribution < -0.4 is 5.32 Å². The van der Waals surface area contributed by atoms with Gasteiger partial charge in [-0.25, -0.2) is 9.18 Å². The van der Waals surface area contributed by atoms with E-state index in [1.807, 2.05) is 0 Å². The quantitative estimate of drug-likeness (QED) is 0.539. The number of carboxylic acid groups (broad SMARTS) is 1. The fraction of sp³-hybridized carbons (Fsp3) is 0.0909. The Balaban J connectivity index is 2.51. The maximum absolute atomic E-state index is 12.6. The van der Waals surface area contributed by atoms with Gasteiger partial charge in [0.15, 0.2) is 0 Å². The zero-order chi connectivity index (χ0) is 12.8. The van der Waals surface area contributed by atoms with Crippen LogP contribution in [0.1, 0.15) is 5.56 Å². The minimum atomic E-state index is -1.58. The first-order valence-corrected chi connectivity index (χ1v) is 4.65. The summed E-state index contributed by atoms with van der Waals surface area (Å²) < 4.78 is 12.6. The molecule has 3 N–H and O–H groups in total. The summed E-state index contributed by atoms with van der Waals surface area (Å²) in [5.74, 6) is -3.75. The van der Waals surface area contributed by atoms with Crippen LogP contribution in [0.2, 0.25) is 0 Å². The molecule has 0 aliphatic heterocycles. The van der Waals surface area contributed by atoms with Crippen molar-refractivity contribution in [3.63, 3.8) is 0 Å². The number of aliphatic hydroxyl groups excluding tert-OH is 1. The Morgan fingerprint density at radius 3 is 2.35 bits per heavy atom. The predicted octanol–water partition coefficient (Wildman–Crippen LogP) is 0.968. The van der Waals surface area contributed by atoms with Gasteiger partial charge in [-0.05, 0) is 17.7 Å². The van der Waals surface area contributed by atoms with Crippen molar-refractivity contribution in [3.8, 4) is 0 Å². The number of benzene rings is 1. The minimum absolute atomic E-state index is 0.114. The molecule has 0 aliphatic rings. The predicted molar refractivity (Wildman–Crippen MR) is 56.6 cm³/mol. The molecule has 1 rings (SSSR count). The summed E-state index contributed by atoms with van der Waals surface area (Å²) in [6, 6.07) is 5.45. The number of carbonyl (C=O) groups is 2. The number of hydrogen-bond acceptors (Lipinski definition) is 3. The molecule has 0 heterocycles. The van der Waals surface area contributed by atoms with E-state index < -0.39 is 17.6 Å². The van der Waals surface area contributed by atoms with Crippen LogP contribution in [0.4, 0.5) is 4.39 Å². The van der Waals surface area contributed by atoms with Crippen molar-refractivity contribution in [1.82, 2.24) is 5.32 Å². The van der Waals surface area contributed by atoms with Crippen molar-refractivity contribution < 1.29 is 24.2 Å². The molecule has 0 radical (unpaired) electrons. The minimum Gasteiger partial charge on any atom is -0.502 e. The Hall–Kier alpha value is -2.37. The van der Waals surface area contributed by atoms with Crippen LogP contribution in [-0.2, 0) is 16.1 Å². The maximum atomic E-state index is 12.6. The molecule has 0 saturated heterocycles. The van der Waals surface area contributed by atoms with Crippen LogP contribution in [0.15, 0.2) is 36.1 Å². The molecule has 0 fully saturated rings. The van der Waals surface area contributed by atoms with Gasteiger partial charge in [0.05, 0.1) is 6.08 Å². The van der Waals surface area contributed by atoms with E-state index in [9.17, 15) is 14.0 Å². The lowest BCUT2D eigenvalue weighted by molar-refractivity contribution is -0.136. The number of aliphatic carboxylic acids is 1. The molecular formula is C11H10FNO4. The average Bonchev–Trinajstić information content (AvgIpc) is 2.28. The lowest BCUT2D eigenvalue weighted by atomic mass is 10.2. The van der Waals surface area contributed by atoms with Crippen molar-refractivity contribution in [2.45, 2.75) is 6.54 Å². The summed E-state index contributed by atoms with van der Waals surface area (Å²) in [5.41, 5.74) is 0.656. The highest BCUT2D eigenvalue weighted by Gasteiger charge is 2.06. The zero-order valence-corrected chi connectivity index (χ0v) is 8.68. The van der Waals surface area contributed by atoms with Crippen molar-refractivity contribution in [3.05, 3.63) is 47.5 Å². The second kappa shape index (κ2) is 5.64. The summed E-state index contributed by atoms with van der Waals surface area (Å²) >= 11 is 0. The molecule has 0 atom stereocenters. The lowest BCUT2D eigenvalue weighted by Crippen LogP contribution is -2.21. The number of aliphatic hydroxyl groups is 1. The number of carbonyl (C=O) groups excluding carboxylic acids is 1. The van der Waals surface area contributed by atoms with Crippen LogP contribution in [0.25, 0.3) is 0 Å². The number of hydrogen-bond donors (Lipinski definition) is 3. The van der Waals surface area contributed by atoms with Crippen LogP contribution in [0.3, 0.4) is 0 Å². The van der Waals surface area contributed by atoms with Gasteiger partial charge in [0.1, 0.15) is 5.82 Å². The van der Waals surface area contributed by atoms with E-state index in [4.69, 9.17) is 10.2 Å². The SMILES string of the molecule is O=C(/C=C(\O)C(=O)O)NCc1ccc(F)cc1. The van der Waals surface area contributed by atoms with Gasteiger partial charge in [0.25, 0.3) is 0 Å². The summed E-state index contributed by atoms with van der Waals surface area (Å²) in [6.45, 7) is 0.114. The fourth-order valence-electron chi connectivity index (χ4n) is 1.03. The number of halogens is 1. The molecular weight excluding hydrogens is 229 g/mol. The van der Waals surface area contributed by atoms with Gasteiger partial charge >= 0.3 is 5.97 Å². The number of rotatable bonds is 4. The molecule has 6 heteroatoms. The van der Waals surface area contributed by atoms with Gasteiger partial charge in [-0.2, -0.15) is 0 Å². The maximum Gasteiger partial charge on any atom is 0.371 e. The molecule has 5 nitrogen and oxygen atoms in total. The molecule has 0 aliphatic carbocycles. The van der Waals surface area contributed by atoms with E-state index in [2.05, 4.69) is 5.32 Å².